The fourth-order valence-corrected chi connectivity index (χ4v) is 1.83. The van der Waals surface area contributed by atoms with Crippen LogP contribution < -0.4 is 0 Å². The topological polar surface area (TPSA) is 72.9 Å². The van der Waals surface area contributed by atoms with E-state index in [2.05, 4.69) is 25.4 Å². The minimum absolute atomic E-state index is 0.266. The van der Waals surface area contributed by atoms with Crippen LogP contribution in [0.4, 0.5) is 4.39 Å². The molecule has 0 bridgehead atoms. The van der Waals surface area contributed by atoms with E-state index in [9.17, 15) is 18.8 Å². The Balaban J connectivity index is 3.05. The summed E-state index contributed by atoms with van der Waals surface area (Å²) in [7, 11) is 2.28. The molecule has 1 aromatic carbocycles. The van der Waals surface area contributed by atoms with Crippen LogP contribution in [-0.4, -0.2) is 50.1 Å². The highest BCUT2D eigenvalue weighted by Crippen LogP contribution is 2.17. The Morgan fingerprint density at radius 1 is 1.14 bits per heavy atom. The first-order valence-electron chi connectivity index (χ1n) is 5.77. The second kappa shape index (κ2) is 7.72. The van der Waals surface area contributed by atoms with E-state index in [1.54, 1.807) is 0 Å². The van der Waals surface area contributed by atoms with E-state index in [4.69, 9.17) is 0 Å². The van der Waals surface area contributed by atoms with Crippen molar-refractivity contribution in [2.75, 3.05) is 27.3 Å². The summed E-state index contributed by atoms with van der Waals surface area (Å²) in [5, 5.41) is 0. The first-order chi connectivity index (χ1) is 9.88. The number of carbonyl (C=O) groups excluding carboxylic acids is 3. The third kappa shape index (κ3) is 4.82. The minimum Gasteiger partial charge on any atom is -0.468 e. The summed E-state index contributed by atoms with van der Waals surface area (Å²) in [5.74, 6) is -3.04. The molecule has 1 amide bonds. The molecule has 114 valence electrons. The zero-order valence-corrected chi connectivity index (χ0v) is 13.0. The van der Waals surface area contributed by atoms with Crippen molar-refractivity contribution in [1.82, 2.24) is 4.90 Å². The lowest BCUT2D eigenvalue weighted by Gasteiger charge is -2.20. The quantitative estimate of drug-likeness (QED) is 0.740. The van der Waals surface area contributed by atoms with Crippen molar-refractivity contribution in [3.8, 4) is 0 Å². The molecule has 0 aliphatic rings. The molecule has 0 heterocycles. The molecule has 0 atom stereocenters. The number of hydrogen-bond acceptors (Lipinski definition) is 5. The molecule has 0 saturated carbocycles. The number of esters is 2. The van der Waals surface area contributed by atoms with Crippen LogP contribution in [0, 0.1) is 5.82 Å². The summed E-state index contributed by atoms with van der Waals surface area (Å²) in [6.45, 7) is -0.979. The van der Waals surface area contributed by atoms with E-state index in [-0.39, 0.29) is 5.56 Å². The summed E-state index contributed by atoms with van der Waals surface area (Å²) in [6, 6.07) is 3.79. The van der Waals surface area contributed by atoms with Crippen molar-refractivity contribution in [3.63, 3.8) is 0 Å². The molecule has 0 aliphatic carbocycles. The third-order valence-corrected chi connectivity index (χ3v) is 3.03. The number of carbonyl (C=O) groups is 3. The Bertz CT molecular complexity index is 545. The molecule has 0 spiro atoms. The van der Waals surface area contributed by atoms with Gasteiger partial charge in [-0.25, -0.2) is 4.39 Å². The molecule has 0 fully saturated rings. The molecule has 1 aromatic rings. The fourth-order valence-electron chi connectivity index (χ4n) is 1.47. The van der Waals surface area contributed by atoms with Gasteiger partial charge in [-0.3, -0.25) is 14.4 Å². The molecule has 0 aliphatic heterocycles. The van der Waals surface area contributed by atoms with Crippen LogP contribution in [0.15, 0.2) is 22.7 Å². The summed E-state index contributed by atoms with van der Waals surface area (Å²) in [6.07, 6.45) is 0. The molecule has 8 heteroatoms. The van der Waals surface area contributed by atoms with E-state index < -0.39 is 36.8 Å². The van der Waals surface area contributed by atoms with Crippen LogP contribution in [-0.2, 0) is 19.1 Å². The van der Waals surface area contributed by atoms with Gasteiger partial charge >= 0.3 is 11.9 Å². The normalized spacial score (nSPS) is 9.90. The Kier molecular flexibility index (Phi) is 6.29. The predicted molar refractivity (Wildman–Crippen MR) is 74.0 cm³/mol. The Morgan fingerprint density at radius 3 is 2.14 bits per heavy atom. The monoisotopic (exact) mass is 361 g/mol. The van der Waals surface area contributed by atoms with Gasteiger partial charge in [0.05, 0.1) is 19.8 Å². The maximum Gasteiger partial charge on any atom is 0.325 e. The molecule has 0 radical (unpaired) electrons. The van der Waals surface area contributed by atoms with Crippen molar-refractivity contribution < 1.29 is 28.2 Å². The second-order valence-corrected chi connectivity index (χ2v) is 4.85. The smallest absolute Gasteiger partial charge is 0.325 e. The van der Waals surface area contributed by atoms with Crippen molar-refractivity contribution in [2.45, 2.75) is 0 Å². The number of halogens is 2. The summed E-state index contributed by atoms with van der Waals surface area (Å²) in [4.78, 5) is 35.7. The van der Waals surface area contributed by atoms with Crippen LogP contribution in [0.2, 0.25) is 0 Å². The van der Waals surface area contributed by atoms with Crippen LogP contribution in [0.5, 0.6) is 0 Å². The fraction of sp³-hybridized carbons (Fsp3) is 0.308. The minimum atomic E-state index is -0.815. The van der Waals surface area contributed by atoms with Crippen LogP contribution >= 0.6 is 15.9 Å². The zero-order chi connectivity index (χ0) is 16.0. The van der Waals surface area contributed by atoms with Crippen LogP contribution in [0.3, 0.4) is 0 Å². The van der Waals surface area contributed by atoms with Gasteiger partial charge in [0, 0.05) is 4.47 Å². The number of amides is 1. The lowest BCUT2D eigenvalue weighted by Crippen LogP contribution is -2.40. The van der Waals surface area contributed by atoms with E-state index in [1.807, 2.05) is 0 Å². The molecule has 0 unspecified atom stereocenters. The highest BCUT2D eigenvalue weighted by Gasteiger charge is 2.24. The number of hydrogen-bond donors (Lipinski definition) is 0. The van der Waals surface area contributed by atoms with Gasteiger partial charge in [0.15, 0.2) is 0 Å². The standard InChI is InChI=1S/C13H13BrFNO5/c1-20-11(17)6-16(7-12(18)21-2)13(19)9-5-8(14)3-4-10(9)15/h3-5H,6-7H2,1-2H3. The molecule has 6 nitrogen and oxygen atoms in total. The molecule has 21 heavy (non-hydrogen) atoms. The van der Waals surface area contributed by atoms with Crippen molar-refractivity contribution in [3.05, 3.63) is 34.1 Å². The molecule has 1 rings (SSSR count). The first kappa shape index (κ1) is 17.1. The average molecular weight is 362 g/mol. The number of rotatable bonds is 5. The SMILES string of the molecule is COC(=O)CN(CC(=O)OC)C(=O)c1cc(Br)ccc1F. The summed E-state index contributed by atoms with van der Waals surface area (Å²) in [5.41, 5.74) is -0.266. The molecule has 0 saturated heterocycles. The largest absolute Gasteiger partial charge is 0.468 e. The maximum atomic E-state index is 13.7. The van der Waals surface area contributed by atoms with Crippen molar-refractivity contribution in [1.29, 1.82) is 0 Å². The first-order valence-corrected chi connectivity index (χ1v) is 6.56. The number of methoxy groups -OCH3 is 2. The summed E-state index contributed by atoms with van der Waals surface area (Å²) < 4.78 is 23.1. The van der Waals surface area contributed by atoms with Gasteiger partial charge in [-0.2, -0.15) is 0 Å². The Morgan fingerprint density at radius 2 is 1.67 bits per heavy atom. The van der Waals surface area contributed by atoms with Crippen LogP contribution in [0.25, 0.3) is 0 Å². The van der Waals surface area contributed by atoms with Gasteiger partial charge < -0.3 is 14.4 Å². The average Bonchev–Trinajstić information content (AvgIpc) is 2.47. The van der Waals surface area contributed by atoms with Gasteiger partial charge in [0.2, 0.25) is 0 Å². The second-order valence-electron chi connectivity index (χ2n) is 3.94. The zero-order valence-electron chi connectivity index (χ0n) is 11.4. The van der Waals surface area contributed by atoms with Gasteiger partial charge in [0.25, 0.3) is 5.91 Å². The number of nitrogens with zero attached hydrogens (tertiary/aromatic N) is 1. The predicted octanol–water partition coefficient (Wildman–Crippen LogP) is 1.38. The van der Waals surface area contributed by atoms with E-state index >= 15 is 0 Å². The van der Waals surface area contributed by atoms with Gasteiger partial charge in [0.1, 0.15) is 18.9 Å². The number of ether oxygens (including phenoxy) is 2. The Hall–Kier alpha value is -1.96. The van der Waals surface area contributed by atoms with Gasteiger partial charge in [-0.05, 0) is 18.2 Å². The third-order valence-electron chi connectivity index (χ3n) is 2.54. The van der Waals surface area contributed by atoms with Crippen LogP contribution in [0.1, 0.15) is 10.4 Å². The van der Waals surface area contributed by atoms with E-state index in [0.717, 1.165) is 25.2 Å². The highest BCUT2D eigenvalue weighted by molar-refractivity contribution is 9.10. The maximum absolute atomic E-state index is 13.7. The van der Waals surface area contributed by atoms with E-state index in [1.165, 1.54) is 12.1 Å². The molecular formula is C13H13BrFNO5. The van der Waals surface area contributed by atoms with Gasteiger partial charge in [-0.1, -0.05) is 15.9 Å². The number of benzene rings is 1. The lowest BCUT2D eigenvalue weighted by molar-refractivity contribution is -0.144. The molecule has 0 N–H and O–H groups in total. The Labute approximate surface area is 128 Å². The van der Waals surface area contributed by atoms with Crippen molar-refractivity contribution in [2.24, 2.45) is 0 Å². The lowest BCUT2D eigenvalue weighted by atomic mass is 10.2. The summed E-state index contributed by atoms with van der Waals surface area (Å²) >= 11 is 3.12. The van der Waals surface area contributed by atoms with Gasteiger partial charge in [-0.15, -0.1) is 0 Å². The molecule has 0 aromatic heterocycles. The van der Waals surface area contributed by atoms with E-state index in [0.29, 0.717) is 4.47 Å². The highest BCUT2D eigenvalue weighted by atomic mass is 79.9. The molecular weight excluding hydrogens is 349 g/mol. The van der Waals surface area contributed by atoms with Crippen molar-refractivity contribution >= 4 is 33.8 Å².